The highest BCUT2D eigenvalue weighted by molar-refractivity contribution is 9.10. The number of para-hydroxylation sites is 1. The molecule has 0 aliphatic heterocycles. The molecule has 1 atom stereocenters. The number of halogens is 2. The topological polar surface area (TPSA) is 32.3 Å². The van der Waals surface area contributed by atoms with Crippen LogP contribution in [0.1, 0.15) is 17.2 Å². The Morgan fingerprint density at radius 2 is 2.00 bits per heavy atom. The second-order valence-corrected chi connectivity index (χ2v) is 5.22. The van der Waals surface area contributed by atoms with Crippen molar-refractivity contribution in [2.45, 2.75) is 13.0 Å². The van der Waals surface area contributed by atoms with E-state index >= 15 is 0 Å². The SMILES string of the molecule is Cc1ccccc1NC(CO)c1ccc(F)c(Br)c1. The first-order valence-corrected chi connectivity index (χ1v) is 6.79. The van der Waals surface area contributed by atoms with Crippen molar-refractivity contribution < 1.29 is 9.50 Å². The van der Waals surface area contributed by atoms with Gasteiger partial charge in [0.15, 0.2) is 0 Å². The Kier molecular flexibility index (Phi) is 4.56. The van der Waals surface area contributed by atoms with Crippen molar-refractivity contribution in [2.75, 3.05) is 11.9 Å². The molecule has 0 radical (unpaired) electrons. The van der Waals surface area contributed by atoms with Crippen molar-refractivity contribution in [1.82, 2.24) is 0 Å². The average Bonchev–Trinajstić information content (AvgIpc) is 2.41. The van der Waals surface area contributed by atoms with Gasteiger partial charge < -0.3 is 10.4 Å². The highest BCUT2D eigenvalue weighted by atomic mass is 79.9. The van der Waals surface area contributed by atoms with Crippen LogP contribution in [0.5, 0.6) is 0 Å². The summed E-state index contributed by atoms with van der Waals surface area (Å²) in [6, 6.07) is 12.3. The van der Waals surface area contributed by atoms with E-state index in [4.69, 9.17) is 0 Å². The Labute approximate surface area is 120 Å². The monoisotopic (exact) mass is 323 g/mol. The van der Waals surface area contributed by atoms with Crippen molar-refractivity contribution in [1.29, 1.82) is 0 Å². The average molecular weight is 324 g/mol. The summed E-state index contributed by atoms with van der Waals surface area (Å²) in [6.45, 7) is 1.93. The normalized spacial score (nSPS) is 12.2. The Morgan fingerprint density at radius 1 is 1.26 bits per heavy atom. The van der Waals surface area contributed by atoms with Crippen molar-refractivity contribution in [3.63, 3.8) is 0 Å². The van der Waals surface area contributed by atoms with Gasteiger partial charge in [-0.2, -0.15) is 0 Å². The molecule has 0 amide bonds. The number of rotatable bonds is 4. The third-order valence-electron chi connectivity index (χ3n) is 3.00. The number of anilines is 1. The van der Waals surface area contributed by atoms with Crippen LogP contribution in [0.15, 0.2) is 46.9 Å². The van der Waals surface area contributed by atoms with Crippen molar-refractivity contribution in [2.24, 2.45) is 0 Å². The smallest absolute Gasteiger partial charge is 0.137 e. The van der Waals surface area contributed by atoms with Crippen molar-refractivity contribution >= 4 is 21.6 Å². The molecule has 2 aromatic carbocycles. The molecule has 0 saturated heterocycles. The second kappa shape index (κ2) is 6.17. The van der Waals surface area contributed by atoms with Crippen LogP contribution in [0.3, 0.4) is 0 Å². The minimum Gasteiger partial charge on any atom is -0.394 e. The van der Waals surface area contributed by atoms with E-state index in [1.807, 2.05) is 31.2 Å². The molecule has 0 aliphatic rings. The Morgan fingerprint density at radius 3 is 2.63 bits per heavy atom. The maximum absolute atomic E-state index is 13.2. The van der Waals surface area contributed by atoms with Gasteiger partial charge in [0, 0.05) is 5.69 Å². The number of benzene rings is 2. The third-order valence-corrected chi connectivity index (χ3v) is 3.61. The van der Waals surface area contributed by atoms with Gasteiger partial charge in [-0.3, -0.25) is 0 Å². The molecule has 0 spiro atoms. The van der Waals surface area contributed by atoms with E-state index in [0.717, 1.165) is 16.8 Å². The molecule has 0 bridgehead atoms. The summed E-state index contributed by atoms with van der Waals surface area (Å²) in [7, 11) is 0. The predicted molar refractivity (Wildman–Crippen MR) is 78.7 cm³/mol. The lowest BCUT2D eigenvalue weighted by Gasteiger charge is -2.19. The minimum absolute atomic E-state index is 0.0631. The molecule has 100 valence electrons. The van der Waals surface area contributed by atoms with Gasteiger partial charge in [0.1, 0.15) is 5.82 Å². The molecule has 2 rings (SSSR count). The maximum Gasteiger partial charge on any atom is 0.137 e. The van der Waals surface area contributed by atoms with E-state index in [2.05, 4.69) is 21.2 Å². The van der Waals surface area contributed by atoms with Gasteiger partial charge in [0.05, 0.1) is 17.1 Å². The number of aryl methyl sites for hydroxylation is 1. The lowest BCUT2D eigenvalue weighted by atomic mass is 10.1. The van der Waals surface area contributed by atoms with E-state index in [9.17, 15) is 9.50 Å². The fourth-order valence-electron chi connectivity index (χ4n) is 1.89. The zero-order chi connectivity index (χ0) is 13.8. The van der Waals surface area contributed by atoms with Crippen molar-refractivity contribution in [3.8, 4) is 0 Å². The Hall–Kier alpha value is -1.39. The summed E-state index contributed by atoms with van der Waals surface area (Å²) < 4.78 is 13.6. The lowest BCUT2D eigenvalue weighted by Crippen LogP contribution is -2.15. The first-order valence-electron chi connectivity index (χ1n) is 6.00. The van der Waals surface area contributed by atoms with E-state index in [-0.39, 0.29) is 18.5 Å². The van der Waals surface area contributed by atoms with E-state index < -0.39 is 0 Å². The first-order chi connectivity index (χ1) is 9.11. The number of hydrogen-bond acceptors (Lipinski definition) is 2. The van der Waals surface area contributed by atoms with Crippen LogP contribution in [-0.2, 0) is 0 Å². The molecule has 0 fully saturated rings. The zero-order valence-electron chi connectivity index (χ0n) is 10.5. The molecule has 1 unspecified atom stereocenters. The molecule has 0 heterocycles. The van der Waals surface area contributed by atoms with Crippen molar-refractivity contribution in [3.05, 3.63) is 63.9 Å². The summed E-state index contributed by atoms with van der Waals surface area (Å²) in [5.74, 6) is -0.309. The number of hydrogen-bond donors (Lipinski definition) is 2. The molecule has 19 heavy (non-hydrogen) atoms. The molecule has 0 saturated carbocycles. The van der Waals surface area contributed by atoms with Crippen LogP contribution < -0.4 is 5.32 Å². The molecule has 2 N–H and O–H groups in total. The maximum atomic E-state index is 13.2. The van der Waals surface area contributed by atoms with Crippen LogP contribution in [0, 0.1) is 12.7 Å². The zero-order valence-corrected chi connectivity index (χ0v) is 12.1. The third kappa shape index (κ3) is 3.33. The molecular weight excluding hydrogens is 309 g/mol. The molecule has 4 heteroatoms. The summed E-state index contributed by atoms with van der Waals surface area (Å²) in [5.41, 5.74) is 2.89. The Balaban J connectivity index is 2.25. The van der Waals surface area contributed by atoms with E-state index in [0.29, 0.717) is 4.47 Å². The van der Waals surface area contributed by atoms with Crippen LogP contribution >= 0.6 is 15.9 Å². The first kappa shape index (κ1) is 14.0. The fourth-order valence-corrected chi connectivity index (χ4v) is 2.28. The molecule has 0 aromatic heterocycles. The number of aliphatic hydroxyl groups is 1. The minimum atomic E-state index is -0.309. The van der Waals surface area contributed by atoms with Crippen LogP contribution in [0.25, 0.3) is 0 Å². The molecule has 2 nitrogen and oxygen atoms in total. The lowest BCUT2D eigenvalue weighted by molar-refractivity contribution is 0.276. The summed E-state index contributed by atoms with van der Waals surface area (Å²) in [6.07, 6.45) is 0. The van der Waals surface area contributed by atoms with Gasteiger partial charge in [0.2, 0.25) is 0 Å². The molecular formula is C15H15BrFNO. The molecule has 2 aromatic rings. The van der Waals surface area contributed by atoms with E-state index in [1.165, 1.54) is 6.07 Å². The number of nitrogens with one attached hydrogen (secondary N) is 1. The molecule has 0 aliphatic carbocycles. The predicted octanol–water partition coefficient (Wildman–Crippen LogP) is 4.04. The van der Waals surface area contributed by atoms with Crippen LogP contribution in [0.2, 0.25) is 0 Å². The van der Waals surface area contributed by atoms with Gasteiger partial charge in [-0.25, -0.2) is 4.39 Å². The highest BCUT2D eigenvalue weighted by Crippen LogP contribution is 2.25. The van der Waals surface area contributed by atoms with Gasteiger partial charge >= 0.3 is 0 Å². The quantitative estimate of drug-likeness (QED) is 0.889. The fraction of sp³-hybridized carbons (Fsp3) is 0.200. The standard InChI is InChI=1S/C15H15BrFNO/c1-10-4-2-3-5-14(10)18-15(9-19)11-6-7-13(17)12(16)8-11/h2-8,15,18-19H,9H2,1H3. The summed E-state index contributed by atoms with van der Waals surface area (Å²) in [4.78, 5) is 0. The van der Waals surface area contributed by atoms with E-state index in [1.54, 1.807) is 12.1 Å². The van der Waals surface area contributed by atoms with Gasteiger partial charge in [-0.05, 0) is 52.2 Å². The summed E-state index contributed by atoms with van der Waals surface area (Å²) in [5, 5.41) is 12.8. The van der Waals surface area contributed by atoms with Gasteiger partial charge in [-0.15, -0.1) is 0 Å². The van der Waals surface area contributed by atoms with Gasteiger partial charge in [0.25, 0.3) is 0 Å². The Bertz CT molecular complexity index is 574. The second-order valence-electron chi connectivity index (χ2n) is 4.37. The summed E-state index contributed by atoms with van der Waals surface area (Å²) >= 11 is 3.16. The highest BCUT2D eigenvalue weighted by Gasteiger charge is 2.12. The van der Waals surface area contributed by atoms with Crippen LogP contribution in [0.4, 0.5) is 10.1 Å². The largest absolute Gasteiger partial charge is 0.394 e. The number of aliphatic hydroxyl groups excluding tert-OH is 1. The van der Waals surface area contributed by atoms with Gasteiger partial charge in [-0.1, -0.05) is 24.3 Å². The van der Waals surface area contributed by atoms with Crippen LogP contribution in [-0.4, -0.2) is 11.7 Å².